The summed E-state index contributed by atoms with van der Waals surface area (Å²) in [6, 6.07) is 26.7. The molecule has 1 N–H and O–H groups in total. The van der Waals surface area contributed by atoms with Gasteiger partial charge in [0.15, 0.2) is 9.84 Å². The Kier molecular flexibility index (Phi) is 6.44. The Morgan fingerprint density at radius 1 is 0.919 bits per heavy atom. The molecular formula is C30H27ClN2O3S. The van der Waals surface area contributed by atoms with Gasteiger partial charge in [0, 0.05) is 11.8 Å². The average molecular weight is 531 g/mol. The predicted octanol–water partition coefficient (Wildman–Crippen LogP) is 7.03. The van der Waals surface area contributed by atoms with Crippen LogP contribution in [0.1, 0.15) is 26.5 Å². The van der Waals surface area contributed by atoms with E-state index in [9.17, 15) is 13.5 Å². The molecule has 7 heteroatoms. The van der Waals surface area contributed by atoms with Crippen molar-refractivity contribution in [2.75, 3.05) is 5.75 Å². The maximum absolute atomic E-state index is 12.4. The van der Waals surface area contributed by atoms with E-state index in [2.05, 4.69) is 18.2 Å². The van der Waals surface area contributed by atoms with Crippen molar-refractivity contribution < 1.29 is 13.5 Å². The molecule has 0 aliphatic rings. The zero-order chi connectivity index (χ0) is 26.4. The summed E-state index contributed by atoms with van der Waals surface area (Å²) >= 11 is 6.84. The fraction of sp³-hybridized carbons (Fsp3) is 0.167. The van der Waals surface area contributed by atoms with E-state index in [0.29, 0.717) is 22.2 Å². The minimum Gasteiger partial charge on any atom is -0.384 e. The minimum atomic E-state index is -3.32. The number of halogens is 1. The molecule has 5 rings (SSSR count). The fourth-order valence-corrected chi connectivity index (χ4v) is 5.58. The molecule has 4 aromatic carbocycles. The molecule has 0 aliphatic heterocycles. The number of aliphatic hydroxyl groups is 1. The van der Waals surface area contributed by atoms with Gasteiger partial charge in [0.1, 0.15) is 11.4 Å². The molecule has 0 spiro atoms. The Morgan fingerprint density at radius 2 is 1.62 bits per heavy atom. The van der Waals surface area contributed by atoms with E-state index >= 15 is 0 Å². The van der Waals surface area contributed by atoms with E-state index < -0.39 is 15.4 Å². The smallest absolute Gasteiger partial charge is 0.178 e. The highest BCUT2D eigenvalue weighted by atomic mass is 35.5. The van der Waals surface area contributed by atoms with Crippen LogP contribution < -0.4 is 0 Å². The average Bonchev–Trinajstić information content (AvgIpc) is 3.34. The summed E-state index contributed by atoms with van der Waals surface area (Å²) in [5, 5.41) is 13.4. The molecule has 0 aliphatic carbocycles. The molecule has 0 bridgehead atoms. The number of benzene rings is 4. The molecule has 188 valence electrons. The molecule has 1 aromatic heterocycles. The van der Waals surface area contributed by atoms with Crippen molar-refractivity contribution in [2.24, 2.45) is 0 Å². The second kappa shape index (κ2) is 9.45. The Bertz CT molecular complexity index is 1730. The number of rotatable bonds is 6. The molecule has 5 nitrogen and oxygen atoms in total. The van der Waals surface area contributed by atoms with Crippen molar-refractivity contribution in [3.63, 3.8) is 0 Å². The highest BCUT2D eigenvalue weighted by molar-refractivity contribution is 7.91. The van der Waals surface area contributed by atoms with Crippen LogP contribution in [0.4, 0.5) is 0 Å². The molecule has 5 aromatic rings. The quantitative estimate of drug-likeness (QED) is 0.256. The van der Waals surface area contributed by atoms with E-state index in [-0.39, 0.29) is 10.6 Å². The van der Waals surface area contributed by atoms with Crippen molar-refractivity contribution in [1.29, 1.82) is 0 Å². The standard InChI is InChI=1S/C30H27ClN2O3S/c1-4-37(35,36)23-12-7-11-21(17-23)22-15-16-27(26(31)18-22)33-19-28(30(2,3)34)32-29(33)25-14-8-10-20-9-5-6-13-24(20)25/h5-19,34H,4H2,1-3H3. The van der Waals surface area contributed by atoms with Crippen LogP contribution in [0, 0.1) is 0 Å². The maximum Gasteiger partial charge on any atom is 0.178 e. The summed E-state index contributed by atoms with van der Waals surface area (Å²) in [5.74, 6) is 0.705. The van der Waals surface area contributed by atoms with Gasteiger partial charge in [-0.1, -0.05) is 79.2 Å². The second-order valence-corrected chi connectivity index (χ2v) is 12.2. The zero-order valence-corrected chi connectivity index (χ0v) is 22.4. The van der Waals surface area contributed by atoms with E-state index in [1.807, 2.05) is 59.3 Å². The van der Waals surface area contributed by atoms with Crippen LogP contribution in [0.25, 0.3) is 39.0 Å². The number of hydrogen-bond acceptors (Lipinski definition) is 4. The predicted molar refractivity (Wildman–Crippen MR) is 150 cm³/mol. The molecule has 0 fully saturated rings. The zero-order valence-electron chi connectivity index (χ0n) is 20.8. The molecule has 0 radical (unpaired) electrons. The highest BCUT2D eigenvalue weighted by Gasteiger charge is 2.24. The third kappa shape index (κ3) is 4.80. The normalized spacial score (nSPS) is 12.2. The molecule has 0 atom stereocenters. The Labute approximate surface area is 221 Å². The largest absolute Gasteiger partial charge is 0.384 e. The van der Waals surface area contributed by atoms with Crippen LogP contribution in [-0.4, -0.2) is 28.8 Å². The monoisotopic (exact) mass is 530 g/mol. The Hall–Kier alpha value is -3.45. The van der Waals surface area contributed by atoms with E-state index in [1.54, 1.807) is 39.0 Å². The van der Waals surface area contributed by atoms with Gasteiger partial charge in [-0.2, -0.15) is 0 Å². The lowest BCUT2D eigenvalue weighted by atomic mass is 10.0. The van der Waals surface area contributed by atoms with Crippen molar-refractivity contribution in [1.82, 2.24) is 9.55 Å². The first-order valence-corrected chi connectivity index (χ1v) is 14.0. The summed E-state index contributed by atoms with van der Waals surface area (Å²) in [5.41, 5.74) is 2.56. The summed E-state index contributed by atoms with van der Waals surface area (Å²) in [6.07, 6.45) is 1.81. The molecule has 37 heavy (non-hydrogen) atoms. The molecule has 1 heterocycles. The molecule has 0 saturated carbocycles. The van der Waals surface area contributed by atoms with Gasteiger partial charge in [-0.15, -0.1) is 0 Å². The molecule has 0 unspecified atom stereocenters. The van der Waals surface area contributed by atoms with Gasteiger partial charge < -0.3 is 5.11 Å². The van der Waals surface area contributed by atoms with Crippen molar-refractivity contribution >= 4 is 32.2 Å². The summed E-state index contributed by atoms with van der Waals surface area (Å²) < 4.78 is 26.7. The highest BCUT2D eigenvalue weighted by Crippen LogP contribution is 2.36. The number of nitrogens with zero attached hydrogens (tertiary/aromatic N) is 2. The number of fused-ring (bicyclic) bond motifs is 1. The Morgan fingerprint density at radius 3 is 2.35 bits per heavy atom. The van der Waals surface area contributed by atoms with E-state index in [1.165, 1.54) is 0 Å². The fourth-order valence-electron chi connectivity index (χ4n) is 4.39. The van der Waals surface area contributed by atoms with Gasteiger partial charge in [0.25, 0.3) is 0 Å². The van der Waals surface area contributed by atoms with Crippen LogP contribution in [-0.2, 0) is 15.4 Å². The number of hydrogen-bond donors (Lipinski definition) is 1. The first-order chi connectivity index (χ1) is 17.6. The van der Waals surface area contributed by atoms with Crippen molar-refractivity contribution in [3.8, 4) is 28.2 Å². The lowest BCUT2D eigenvalue weighted by Gasteiger charge is -2.14. The SMILES string of the molecule is CCS(=O)(=O)c1cccc(-c2ccc(-n3cc(C(C)(C)O)nc3-c3cccc4ccccc34)c(Cl)c2)c1. The third-order valence-corrected chi connectivity index (χ3v) is 8.51. The first-order valence-electron chi connectivity index (χ1n) is 12.0. The maximum atomic E-state index is 12.4. The van der Waals surface area contributed by atoms with Crippen LogP contribution in [0.15, 0.2) is 96.0 Å². The number of sulfone groups is 1. The van der Waals surface area contributed by atoms with Crippen molar-refractivity contribution in [3.05, 3.63) is 102 Å². The molecule has 0 amide bonds. The van der Waals surface area contributed by atoms with Gasteiger partial charge in [-0.25, -0.2) is 13.4 Å². The van der Waals surface area contributed by atoms with E-state index in [0.717, 1.165) is 27.5 Å². The van der Waals surface area contributed by atoms with Gasteiger partial charge >= 0.3 is 0 Å². The lowest BCUT2D eigenvalue weighted by molar-refractivity contribution is 0.0743. The van der Waals surface area contributed by atoms with Crippen LogP contribution in [0.2, 0.25) is 5.02 Å². The Balaban J connectivity index is 1.66. The van der Waals surface area contributed by atoms with Crippen molar-refractivity contribution in [2.45, 2.75) is 31.3 Å². The van der Waals surface area contributed by atoms with Crippen LogP contribution >= 0.6 is 11.6 Å². The topological polar surface area (TPSA) is 72.2 Å². The molecule has 0 saturated heterocycles. The van der Waals surface area contributed by atoms with Gasteiger partial charge in [-0.05, 0) is 60.0 Å². The third-order valence-electron chi connectivity index (χ3n) is 6.48. The van der Waals surface area contributed by atoms with Crippen LogP contribution in [0.3, 0.4) is 0 Å². The minimum absolute atomic E-state index is 0.0389. The summed E-state index contributed by atoms with van der Waals surface area (Å²) in [4.78, 5) is 5.12. The number of imidazole rings is 1. The van der Waals surface area contributed by atoms with E-state index in [4.69, 9.17) is 16.6 Å². The number of aromatic nitrogens is 2. The lowest BCUT2D eigenvalue weighted by Crippen LogP contribution is -2.15. The second-order valence-electron chi connectivity index (χ2n) is 9.50. The first kappa shape index (κ1) is 25.2. The molecular weight excluding hydrogens is 504 g/mol. The summed E-state index contributed by atoms with van der Waals surface area (Å²) in [7, 11) is -3.32. The summed E-state index contributed by atoms with van der Waals surface area (Å²) in [6.45, 7) is 5.04. The van der Waals surface area contributed by atoms with Crippen LogP contribution in [0.5, 0.6) is 0 Å². The van der Waals surface area contributed by atoms with Gasteiger partial charge in [0.2, 0.25) is 0 Å². The van der Waals surface area contributed by atoms with Gasteiger partial charge in [0.05, 0.1) is 27.1 Å². The van der Waals surface area contributed by atoms with Gasteiger partial charge in [-0.3, -0.25) is 4.57 Å².